The average Bonchev–Trinajstić information content (AvgIpc) is 2.80. The normalized spacial score (nSPS) is 13.0. The lowest BCUT2D eigenvalue weighted by Gasteiger charge is -2.14. The molecule has 9 nitrogen and oxygen atoms in total. The highest BCUT2D eigenvalue weighted by molar-refractivity contribution is 7.51. The number of carbonyl (C=O) groups is 2. The number of aliphatic carboxylic acids is 1. The van der Waals surface area contributed by atoms with Gasteiger partial charge in [0, 0.05) is 0 Å². The highest BCUT2D eigenvalue weighted by atomic mass is 31.2. The van der Waals surface area contributed by atoms with Gasteiger partial charge in [0.05, 0.1) is 17.2 Å². The molecule has 0 fully saturated rings. The highest BCUT2D eigenvalue weighted by Crippen LogP contribution is 2.34. The summed E-state index contributed by atoms with van der Waals surface area (Å²) in [5.74, 6) is -2.53. The summed E-state index contributed by atoms with van der Waals surface area (Å²) in [7, 11) is -4.58. The lowest BCUT2D eigenvalue weighted by molar-refractivity contribution is -0.138. The molecule has 2 rings (SSSR count). The monoisotopic (exact) mass is 313 g/mol. The van der Waals surface area contributed by atoms with Crippen LogP contribution in [0.15, 0.2) is 24.3 Å². The van der Waals surface area contributed by atoms with Gasteiger partial charge in [0.2, 0.25) is 0 Å². The van der Waals surface area contributed by atoms with E-state index in [2.05, 4.69) is 9.97 Å². The van der Waals surface area contributed by atoms with Crippen molar-refractivity contribution < 1.29 is 29.0 Å². The molecule has 10 heteroatoms. The SMILES string of the molecule is O=C(NC(CP(=O)(O)O)C(=O)O)c1nc2ccccc2[nH]1. The summed E-state index contributed by atoms with van der Waals surface area (Å²) >= 11 is 0. The van der Waals surface area contributed by atoms with Gasteiger partial charge >= 0.3 is 13.6 Å². The van der Waals surface area contributed by atoms with Crippen LogP contribution in [0.1, 0.15) is 10.6 Å². The summed E-state index contributed by atoms with van der Waals surface area (Å²) in [5, 5.41) is 10.9. The van der Waals surface area contributed by atoms with Crippen molar-refractivity contribution in [2.45, 2.75) is 6.04 Å². The zero-order valence-electron chi connectivity index (χ0n) is 10.6. The molecule has 1 amide bonds. The summed E-state index contributed by atoms with van der Waals surface area (Å²) in [4.78, 5) is 47.1. The van der Waals surface area contributed by atoms with E-state index in [-0.39, 0.29) is 5.82 Å². The van der Waals surface area contributed by atoms with Gasteiger partial charge in [-0.2, -0.15) is 0 Å². The number of amides is 1. The number of H-pyrrole nitrogens is 1. The number of carbonyl (C=O) groups excluding carboxylic acids is 1. The van der Waals surface area contributed by atoms with Crippen LogP contribution in [0.4, 0.5) is 0 Å². The summed E-state index contributed by atoms with van der Waals surface area (Å²) in [6, 6.07) is 5.09. The molecule has 0 bridgehead atoms. The van der Waals surface area contributed by atoms with E-state index < -0.39 is 31.7 Å². The number of aromatic nitrogens is 2. The van der Waals surface area contributed by atoms with Crippen LogP contribution in [-0.4, -0.2) is 48.9 Å². The fraction of sp³-hybridized carbons (Fsp3) is 0.182. The maximum absolute atomic E-state index is 11.9. The Morgan fingerprint density at radius 3 is 2.57 bits per heavy atom. The van der Waals surface area contributed by atoms with Crippen LogP contribution in [-0.2, 0) is 9.36 Å². The zero-order chi connectivity index (χ0) is 15.6. The molecule has 0 aliphatic rings. The summed E-state index contributed by atoms with van der Waals surface area (Å²) in [6.45, 7) is 0. The van der Waals surface area contributed by atoms with Crippen LogP contribution >= 0.6 is 7.60 Å². The first kappa shape index (κ1) is 15.2. The molecule has 0 saturated heterocycles. The molecule has 0 saturated carbocycles. The zero-order valence-corrected chi connectivity index (χ0v) is 11.4. The number of aromatic amines is 1. The molecule has 112 valence electrons. The first-order valence-electron chi connectivity index (χ1n) is 5.79. The largest absolute Gasteiger partial charge is 0.480 e. The Labute approximate surface area is 118 Å². The summed E-state index contributed by atoms with van der Waals surface area (Å²) in [6.07, 6.45) is -0.992. The number of para-hydroxylation sites is 2. The molecule has 0 radical (unpaired) electrons. The topological polar surface area (TPSA) is 153 Å². The van der Waals surface area contributed by atoms with Crippen molar-refractivity contribution in [3.05, 3.63) is 30.1 Å². The Morgan fingerprint density at radius 1 is 1.33 bits per heavy atom. The van der Waals surface area contributed by atoms with Crippen LogP contribution in [0.3, 0.4) is 0 Å². The van der Waals surface area contributed by atoms with E-state index in [1.54, 1.807) is 24.3 Å². The third kappa shape index (κ3) is 3.88. The van der Waals surface area contributed by atoms with E-state index >= 15 is 0 Å². The molecule has 1 atom stereocenters. The Kier molecular flexibility index (Phi) is 4.08. The maximum atomic E-state index is 11.9. The maximum Gasteiger partial charge on any atom is 0.328 e. The fourth-order valence-electron chi connectivity index (χ4n) is 1.71. The predicted octanol–water partition coefficient (Wildman–Crippen LogP) is -0.0764. The van der Waals surface area contributed by atoms with Gasteiger partial charge in [-0.05, 0) is 12.1 Å². The first-order chi connectivity index (χ1) is 9.76. The molecule has 1 aromatic carbocycles. The number of carboxylic acid groups (broad SMARTS) is 1. The van der Waals surface area contributed by atoms with Gasteiger partial charge in [0.15, 0.2) is 5.82 Å². The third-order valence-corrected chi connectivity index (χ3v) is 3.47. The molecule has 0 aliphatic carbocycles. The lowest BCUT2D eigenvalue weighted by atomic mass is 10.3. The predicted molar refractivity (Wildman–Crippen MR) is 71.9 cm³/mol. The molecule has 1 aromatic heterocycles. The van der Waals surface area contributed by atoms with Crippen LogP contribution in [0.25, 0.3) is 11.0 Å². The number of hydrogen-bond donors (Lipinski definition) is 5. The molecule has 0 aliphatic heterocycles. The Bertz CT molecular complexity index is 703. The van der Waals surface area contributed by atoms with Gasteiger partial charge in [-0.25, -0.2) is 9.78 Å². The van der Waals surface area contributed by atoms with Crippen molar-refractivity contribution in [1.29, 1.82) is 0 Å². The van der Waals surface area contributed by atoms with Crippen molar-refractivity contribution in [1.82, 2.24) is 15.3 Å². The lowest BCUT2D eigenvalue weighted by Crippen LogP contribution is -2.43. The molecule has 1 heterocycles. The smallest absolute Gasteiger partial charge is 0.328 e. The average molecular weight is 313 g/mol. The van der Waals surface area contributed by atoms with E-state index in [0.29, 0.717) is 11.0 Å². The van der Waals surface area contributed by atoms with Crippen LogP contribution in [0, 0.1) is 0 Å². The van der Waals surface area contributed by atoms with Crippen molar-refractivity contribution in [3.63, 3.8) is 0 Å². The van der Waals surface area contributed by atoms with Crippen molar-refractivity contribution in [2.75, 3.05) is 6.16 Å². The molecular formula is C11H12N3O6P. The summed E-state index contributed by atoms with van der Waals surface area (Å²) < 4.78 is 10.9. The molecule has 0 spiro atoms. The van der Waals surface area contributed by atoms with Gasteiger partial charge in [-0.3, -0.25) is 9.36 Å². The quantitative estimate of drug-likeness (QED) is 0.484. The second-order valence-electron chi connectivity index (χ2n) is 4.31. The van der Waals surface area contributed by atoms with Crippen molar-refractivity contribution in [3.8, 4) is 0 Å². The second-order valence-corrected chi connectivity index (χ2v) is 6.01. The molecule has 21 heavy (non-hydrogen) atoms. The van der Waals surface area contributed by atoms with Gasteiger partial charge in [0.25, 0.3) is 5.91 Å². The van der Waals surface area contributed by atoms with Crippen LogP contribution in [0.2, 0.25) is 0 Å². The Balaban J connectivity index is 2.18. The van der Waals surface area contributed by atoms with Crippen molar-refractivity contribution >= 4 is 30.5 Å². The second kappa shape index (κ2) is 5.65. The third-order valence-electron chi connectivity index (χ3n) is 2.63. The van der Waals surface area contributed by atoms with Gasteiger partial charge in [-0.1, -0.05) is 12.1 Å². The Hall–Kier alpha value is -2.22. The van der Waals surface area contributed by atoms with E-state index in [9.17, 15) is 14.2 Å². The minimum absolute atomic E-state index is 0.131. The number of benzene rings is 1. The molecular weight excluding hydrogens is 301 g/mol. The van der Waals surface area contributed by atoms with Gasteiger partial charge in [0.1, 0.15) is 6.04 Å². The minimum atomic E-state index is -4.58. The number of hydrogen-bond acceptors (Lipinski definition) is 4. The number of nitrogens with zero attached hydrogens (tertiary/aromatic N) is 1. The summed E-state index contributed by atoms with van der Waals surface area (Å²) in [5.41, 5.74) is 1.11. The number of fused-ring (bicyclic) bond motifs is 1. The number of rotatable bonds is 5. The first-order valence-corrected chi connectivity index (χ1v) is 7.59. The van der Waals surface area contributed by atoms with Crippen LogP contribution < -0.4 is 5.32 Å². The minimum Gasteiger partial charge on any atom is -0.480 e. The molecule has 5 N–H and O–H groups in total. The van der Waals surface area contributed by atoms with Crippen LogP contribution in [0.5, 0.6) is 0 Å². The van der Waals surface area contributed by atoms with E-state index in [4.69, 9.17) is 14.9 Å². The van der Waals surface area contributed by atoms with E-state index in [0.717, 1.165) is 0 Å². The molecule has 2 aromatic rings. The Morgan fingerprint density at radius 2 is 2.00 bits per heavy atom. The van der Waals surface area contributed by atoms with Crippen molar-refractivity contribution in [2.24, 2.45) is 0 Å². The standard InChI is InChI=1S/C11H12N3O6P/c15-10(14-8(11(16)17)5-21(18,19)20)9-12-6-3-1-2-4-7(6)13-9/h1-4,8H,5H2,(H,12,13)(H,14,15)(H,16,17)(H2,18,19,20). The number of imidazole rings is 1. The number of carboxylic acids is 1. The van der Waals surface area contributed by atoms with E-state index in [1.165, 1.54) is 0 Å². The van der Waals surface area contributed by atoms with Gasteiger partial charge in [-0.15, -0.1) is 0 Å². The fourth-order valence-corrected chi connectivity index (χ4v) is 2.43. The van der Waals surface area contributed by atoms with Gasteiger partial charge < -0.3 is 25.2 Å². The van der Waals surface area contributed by atoms with E-state index in [1.807, 2.05) is 5.32 Å². The number of nitrogens with one attached hydrogen (secondary N) is 2. The molecule has 1 unspecified atom stereocenters. The highest BCUT2D eigenvalue weighted by Gasteiger charge is 2.29.